The third-order valence-corrected chi connectivity index (χ3v) is 6.07. The van der Waals surface area contributed by atoms with E-state index in [1.54, 1.807) is 0 Å². The van der Waals surface area contributed by atoms with Crippen molar-refractivity contribution in [2.45, 2.75) is 20.3 Å². The Morgan fingerprint density at radius 1 is 0.941 bits per heavy atom. The van der Waals surface area contributed by atoms with Gasteiger partial charge in [-0.05, 0) is 37.4 Å². The first-order valence-electron chi connectivity index (χ1n) is 12.2. The van der Waals surface area contributed by atoms with Gasteiger partial charge in [0.1, 0.15) is 12.4 Å². The second-order valence-electron chi connectivity index (χ2n) is 8.21. The molecular weight excluding hydrogens is 430 g/mol. The molecule has 0 bridgehead atoms. The molecule has 2 aromatic rings. The van der Waals surface area contributed by atoms with Crippen LogP contribution in [0.15, 0.2) is 54.6 Å². The fourth-order valence-electron chi connectivity index (χ4n) is 3.98. The van der Waals surface area contributed by atoms with Crippen molar-refractivity contribution >= 4 is 23.3 Å². The molecule has 1 heterocycles. The van der Waals surface area contributed by atoms with Crippen LogP contribution in [0.5, 0.6) is 5.75 Å². The standard InChI is InChI=1S/C26H37N5O3/c1-3-29(4-2)20-21-34-24-13-9-8-12-23(24)28-26(33)27-15-14-25(32)31-18-16-30(17-19-31)22-10-6-5-7-11-22/h5-13H,3-4,14-21H2,1-2H3,(H2,27,28,33). The molecule has 34 heavy (non-hydrogen) atoms. The zero-order valence-electron chi connectivity index (χ0n) is 20.3. The number of rotatable bonds is 11. The number of nitrogens with one attached hydrogen (secondary N) is 2. The molecule has 3 amide bonds. The maximum absolute atomic E-state index is 12.6. The highest BCUT2D eigenvalue weighted by atomic mass is 16.5. The van der Waals surface area contributed by atoms with Crippen molar-refractivity contribution in [3.05, 3.63) is 54.6 Å². The van der Waals surface area contributed by atoms with E-state index >= 15 is 0 Å². The summed E-state index contributed by atoms with van der Waals surface area (Å²) in [7, 11) is 0. The van der Waals surface area contributed by atoms with Gasteiger partial charge in [0.2, 0.25) is 5.91 Å². The molecular formula is C26H37N5O3. The first-order valence-corrected chi connectivity index (χ1v) is 12.2. The van der Waals surface area contributed by atoms with E-state index in [2.05, 4.69) is 46.4 Å². The van der Waals surface area contributed by atoms with Crippen molar-refractivity contribution < 1.29 is 14.3 Å². The first-order chi connectivity index (χ1) is 16.6. The van der Waals surface area contributed by atoms with Gasteiger partial charge in [-0.3, -0.25) is 4.79 Å². The van der Waals surface area contributed by atoms with Crippen LogP contribution in [0.1, 0.15) is 20.3 Å². The van der Waals surface area contributed by atoms with Crippen LogP contribution in [0.4, 0.5) is 16.2 Å². The van der Waals surface area contributed by atoms with Crippen molar-refractivity contribution in [2.75, 3.05) is 69.2 Å². The van der Waals surface area contributed by atoms with Gasteiger partial charge in [-0.25, -0.2) is 4.79 Å². The molecule has 3 rings (SSSR count). The summed E-state index contributed by atoms with van der Waals surface area (Å²) in [5, 5.41) is 5.62. The summed E-state index contributed by atoms with van der Waals surface area (Å²) < 4.78 is 5.89. The maximum Gasteiger partial charge on any atom is 0.319 e. The number of carbonyl (C=O) groups excluding carboxylic acids is 2. The van der Waals surface area contributed by atoms with E-state index in [0.717, 1.165) is 32.7 Å². The molecule has 1 aliphatic rings. The smallest absolute Gasteiger partial charge is 0.319 e. The van der Waals surface area contributed by atoms with Crippen LogP contribution in [-0.4, -0.2) is 80.7 Å². The number of anilines is 2. The van der Waals surface area contributed by atoms with Crippen LogP contribution in [0.3, 0.4) is 0 Å². The molecule has 1 saturated heterocycles. The Labute approximate surface area is 202 Å². The number of ether oxygens (including phenoxy) is 1. The first kappa shape index (κ1) is 25.4. The van der Waals surface area contributed by atoms with E-state index < -0.39 is 0 Å². The van der Waals surface area contributed by atoms with Gasteiger partial charge < -0.3 is 30.1 Å². The van der Waals surface area contributed by atoms with Gasteiger partial charge in [-0.1, -0.05) is 44.2 Å². The third-order valence-electron chi connectivity index (χ3n) is 6.07. The molecule has 1 aliphatic heterocycles. The summed E-state index contributed by atoms with van der Waals surface area (Å²) in [5.74, 6) is 0.699. The lowest BCUT2D eigenvalue weighted by atomic mass is 10.2. The molecule has 0 aliphatic carbocycles. The summed E-state index contributed by atoms with van der Waals surface area (Å²) in [6.07, 6.45) is 0.279. The molecule has 0 spiro atoms. The van der Waals surface area contributed by atoms with Gasteiger partial charge in [-0.2, -0.15) is 0 Å². The van der Waals surface area contributed by atoms with Crippen LogP contribution in [0.2, 0.25) is 0 Å². The third kappa shape index (κ3) is 7.66. The average Bonchev–Trinajstić information content (AvgIpc) is 2.88. The van der Waals surface area contributed by atoms with Crippen LogP contribution >= 0.6 is 0 Å². The van der Waals surface area contributed by atoms with Crippen LogP contribution in [0, 0.1) is 0 Å². The maximum atomic E-state index is 12.6. The van der Waals surface area contributed by atoms with E-state index in [9.17, 15) is 9.59 Å². The van der Waals surface area contributed by atoms with Gasteiger partial charge in [0.05, 0.1) is 5.69 Å². The molecule has 1 fully saturated rings. The highest BCUT2D eigenvalue weighted by Gasteiger charge is 2.21. The quantitative estimate of drug-likeness (QED) is 0.531. The number of nitrogens with zero attached hydrogens (tertiary/aromatic N) is 3. The van der Waals surface area contributed by atoms with Crippen molar-refractivity contribution in [1.82, 2.24) is 15.1 Å². The number of benzene rings is 2. The summed E-state index contributed by atoms with van der Waals surface area (Å²) >= 11 is 0. The number of urea groups is 1. The summed E-state index contributed by atoms with van der Waals surface area (Å²) in [6, 6.07) is 17.3. The second kappa shape index (κ2) is 13.4. The van der Waals surface area contributed by atoms with Crippen molar-refractivity contribution in [1.29, 1.82) is 0 Å². The minimum absolute atomic E-state index is 0.0631. The van der Waals surface area contributed by atoms with Gasteiger partial charge in [0.15, 0.2) is 0 Å². The van der Waals surface area contributed by atoms with E-state index in [-0.39, 0.29) is 24.9 Å². The van der Waals surface area contributed by atoms with E-state index in [1.807, 2.05) is 47.4 Å². The zero-order chi connectivity index (χ0) is 24.2. The number of likely N-dealkylation sites (N-methyl/N-ethyl adjacent to an activating group) is 1. The molecule has 2 N–H and O–H groups in total. The second-order valence-corrected chi connectivity index (χ2v) is 8.21. The Morgan fingerprint density at radius 3 is 2.32 bits per heavy atom. The molecule has 0 saturated carbocycles. The van der Waals surface area contributed by atoms with Crippen molar-refractivity contribution in [2.24, 2.45) is 0 Å². The normalized spacial score (nSPS) is 13.6. The van der Waals surface area contributed by atoms with Crippen LogP contribution < -0.4 is 20.3 Å². The Bertz CT molecular complexity index is 896. The molecule has 184 valence electrons. The SMILES string of the molecule is CCN(CC)CCOc1ccccc1NC(=O)NCCC(=O)N1CCN(c2ccccc2)CC1. The zero-order valence-corrected chi connectivity index (χ0v) is 20.3. The minimum atomic E-state index is -0.346. The number of hydrogen-bond acceptors (Lipinski definition) is 5. The molecule has 0 radical (unpaired) electrons. The molecule has 8 nitrogen and oxygen atoms in total. The van der Waals surface area contributed by atoms with Crippen LogP contribution in [-0.2, 0) is 4.79 Å². The fraction of sp³-hybridized carbons (Fsp3) is 0.462. The van der Waals surface area contributed by atoms with Gasteiger partial charge in [-0.15, -0.1) is 0 Å². The fourth-order valence-corrected chi connectivity index (χ4v) is 3.98. The Kier molecular flexibility index (Phi) is 10.0. The number of carbonyl (C=O) groups is 2. The predicted molar refractivity (Wildman–Crippen MR) is 137 cm³/mol. The lowest BCUT2D eigenvalue weighted by Crippen LogP contribution is -2.49. The number of para-hydroxylation sites is 3. The Morgan fingerprint density at radius 2 is 1.62 bits per heavy atom. The van der Waals surface area contributed by atoms with Crippen molar-refractivity contribution in [3.8, 4) is 5.75 Å². The van der Waals surface area contributed by atoms with Crippen molar-refractivity contribution in [3.63, 3.8) is 0 Å². The molecule has 0 unspecified atom stereocenters. The average molecular weight is 468 g/mol. The largest absolute Gasteiger partial charge is 0.490 e. The lowest BCUT2D eigenvalue weighted by Gasteiger charge is -2.36. The highest BCUT2D eigenvalue weighted by Crippen LogP contribution is 2.23. The van der Waals surface area contributed by atoms with E-state index in [4.69, 9.17) is 4.74 Å². The highest BCUT2D eigenvalue weighted by molar-refractivity contribution is 5.91. The summed E-state index contributed by atoms with van der Waals surface area (Å²) in [5.41, 5.74) is 1.80. The topological polar surface area (TPSA) is 77.1 Å². The Balaban J connectivity index is 1.37. The monoisotopic (exact) mass is 467 g/mol. The Hall–Kier alpha value is -3.26. The van der Waals surface area contributed by atoms with Crippen LogP contribution in [0.25, 0.3) is 0 Å². The van der Waals surface area contributed by atoms with E-state index in [0.29, 0.717) is 31.1 Å². The summed E-state index contributed by atoms with van der Waals surface area (Å²) in [6.45, 7) is 10.9. The van der Waals surface area contributed by atoms with Gasteiger partial charge >= 0.3 is 6.03 Å². The predicted octanol–water partition coefficient (Wildman–Crippen LogP) is 3.27. The molecule has 2 aromatic carbocycles. The molecule has 0 aromatic heterocycles. The minimum Gasteiger partial charge on any atom is -0.490 e. The van der Waals surface area contributed by atoms with Gasteiger partial charge in [0.25, 0.3) is 0 Å². The number of piperazine rings is 1. The molecule has 0 atom stereocenters. The summed E-state index contributed by atoms with van der Waals surface area (Å²) in [4.78, 5) is 31.4. The number of hydrogen-bond donors (Lipinski definition) is 2. The van der Waals surface area contributed by atoms with E-state index in [1.165, 1.54) is 5.69 Å². The van der Waals surface area contributed by atoms with Gasteiger partial charge in [0, 0.05) is 51.4 Å². The number of amides is 3. The lowest BCUT2D eigenvalue weighted by molar-refractivity contribution is -0.131. The molecule has 8 heteroatoms.